The van der Waals surface area contributed by atoms with Gasteiger partial charge in [0.2, 0.25) is 0 Å². The first kappa shape index (κ1) is 19.3. The molecular formula is C21H26FN3O2. The van der Waals surface area contributed by atoms with E-state index in [9.17, 15) is 14.3 Å². The molecule has 0 aliphatic carbocycles. The Labute approximate surface area is 159 Å². The molecule has 0 unspecified atom stereocenters. The summed E-state index contributed by atoms with van der Waals surface area (Å²) in [6, 6.07) is 13.5. The zero-order chi connectivity index (χ0) is 19.1. The lowest BCUT2D eigenvalue weighted by Gasteiger charge is -2.18. The number of aliphatic hydroxyl groups excluding tert-OH is 1. The van der Waals surface area contributed by atoms with Gasteiger partial charge in [-0.3, -0.25) is 4.90 Å². The van der Waals surface area contributed by atoms with Gasteiger partial charge in [-0.25, -0.2) is 9.18 Å². The Hall–Kier alpha value is -2.44. The number of carbonyl (C=O) groups is 1. The highest BCUT2D eigenvalue weighted by Gasteiger charge is 2.14. The van der Waals surface area contributed by atoms with E-state index in [4.69, 9.17) is 0 Å². The first-order valence-electron chi connectivity index (χ1n) is 9.36. The molecule has 1 heterocycles. The molecule has 5 nitrogen and oxygen atoms in total. The summed E-state index contributed by atoms with van der Waals surface area (Å²) in [6.07, 6.45) is 1.54. The molecule has 1 fully saturated rings. The molecule has 27 heavy (non-hydrogen) atoms. The first-order valence-corrected chi connectivity index (χ1v) is 9.36. The number of amides is 2. The van der Waals surface area contributed by atoms with Crippen LogP contribution < -0.4 is 10.6 Å². The second kappa shape index (κ2) is 9.48. The highest BCUT2D eigenvalue weighted by atomic mass is 19.1. The van der Waals surface area contributed by atoms with Crippen molar-refractivity contribution in [2.75, 3.05) is 19.6 Å². The summed E-state index contributed by atoms with van der Waals surface area (Å²) in [5.41, 5.74) is 2.75. The summed E-state index contributed by atoms with van der Waals surface area (Å²) in [7, 11) is 0. The number of hydrogen-bond donors (Lipinski definition) is 3. The average molecular weight is 371 g/mol. The number of hydrogen-bond acceptors (Lipinski definition) is 3. The monoisotopic (exact) mass is 371 g/mol. The fraction of sp³-hybridized carbons (Fsp3) is 0.381. The standard InChI is InChI=1S/C21H26FN3O2/c22-19-9-5-8-16(12-19)20(26)14-24-21(27)23-13-17-6-1-2-7-18(17)15-25-10-3-4-11-25/h1-2,5-9,12,20,26H,3-4,10-11,13-15H2,(H2,23,24,27)/t20-/m0/s1. The van der Waals surface area contributed by atoms with E-state index in [1.54, 1.807) is 6.07 Å². The molecule has 0 spiro atoms. The number of likely N-dealkylation sites (tertiary alicyclic amines) is 1. The lowest BCUT2D eigenvalue weighted by atomic mass is 10.1. The number of carbonyl (C=O) groups excluding carboxylic acids is 1. The number of urea groups is 1. The summed E-state index contributed by atoms with van der Waals surface area (Å²) in [5, 5.41) is 15.5. The third kappa shape index (κ3) is 5.77. The maximum absolute atomic E-state index is 13.2. The maximum atomic E-state index is 13.2. The quantitative estimate of drug-likeness (QED) is 0.701. The minimum absolute atomic E-state index is 0.0186. The van der Waals surface area contributed by atoms with Crippen LogP contribution in [0.25, 0.3) is 0 Å². The van der Waals surface area contributed by atoms with Crippen LogP contribution in [0.15, 0.2) is 48.5 Å². The molecule has 0 radical (unpaired) electrons. The van der Waals surface area contributed by atoms with Crippen molar-refractivity contribution in [3.63, 3.8) is 0 Å². The second-order valence-electron chi connectivity index (χ2n) is 6.89. The lowest BCUT2D eigenvalue weighted by molar-refractivity contribution is 0.172. The van der Waals surface area contributed by atoms with Crippen molar-refractivity contribution in [1.82, 2.24) is 15.5 Å². The van der Waals surface area contributed by atoms with Gasteiger partial charge in [-0.05, 0) is 54.8 Å². The molecule has 1 aliphatic heterocycles. The molecule has 1 atom stereocenters. The zero-order valence-corrected chi connectivity index (χ0v) is 15.3. The van der Waals surface area contributed by atoms with Gasteiger partial charge in [-0.1, -0.05) is 36.4 Å². The number of rotatable bonds is 7. The van der Waals surface area contributed by atoms with Crippen LogP contribution in [-0.4, -0.2) is 35.7 Å². The van der Waals surface area contributed by atoms with Gasteiger partial charge < -0.3 is 15.7 Å². The number of benzene rings is 2. The number of aliphatic hydroxyl groups is 1. The molecule has 0 saturated carbocycles. The third-order valence-electron chi connectivity index (χ3n) is 4.84. The molecule has 3 N–H and O–H groups in total. The molecule has 1 saturated heterocycles. The topological polar surface area (TPSA) is 64.6 Å². The van der Waals surface area contributed by atoms with E-state index in [0.717, 1.165) is 25.2 Å². The largest absolute Gasteiger partial charge is 0.387 e. The molecule has 1 aliphatic rings. The molecule has 144 valence electrons. The van der Waals surface area contributed by atoms with Crippen LogP contribution in [0.5, 0.6) is 0 Å². The van der Waals surface area contributed by atoms with Gasteiger partial charge in [0.1, 0.15) is 5.82 Å². The third-order valence-corrected chi connectivity index (χ3v) is 4.84. The van der Waals surface area contributed by atoms with Crippen molar-refractivity contribution in [3.05, 3.63) is 71.0 Å². The van der Waals surface area contributed by atoms with Gasteiger partial charge in [0.25, 0.3) is 0 Å². The van der Waals surface area contributed by atoms with Crippen molar-refractivity contribution in [2.45, 2.75) is 32.0 Å². The molecule has 0 aromatic heterocycles. The summed E-state index contributed by atoms with van der Waals surface area (Å²) in [5.74, 6) is -0.411. The summed E-state index contributed by atoms with van der Waals surface area (Å²) in [6.45, 7) is 3.59. The summed E-state index contributed by atoms with van der Waals surface area (Å²) in [4.78, 5) is 14.5. The molecule has 2 aromatic carbocycles. The fourth-order valence-corrected chi connectivity index (χ4v) is 3.32. The van der Waals surface area contributed by atoms with E-state index in [-0.39, 0.29) is 12.6 Å². The first-order chi connectivity index (χ1) is 13.1. The van der Waals surface area contributed by atoms with E-state index in [1.807, 2.05) is 18.2 Å². The van der Waals surface area contributed by atoms with Gasteiger partial charge in [-0.2, -0.15) is 0 Å². The minimum atomic E-state index is -0.950. The highest BCUT2D eigenvalue weighted by Crippen LogP contribution is 2.16. The second-order valence-corrected chi connectivity index (χ2v) is 6.89. The Balaban J connectivity index is 1.47. The Morgan fingerprint density at radius 1 is 1.07 bits per heavy atom. The van der Waals surface area contributed by atoms with Crippen LogP contribution >= 0.6 is 0 Å². The molecular weight excluding hydrogens is 345 g/mol. The molecule has 6 heteroatoms. The van der Waals surface area contributed by atoms with Crippen molar-refractivity contribution in [3.8, 4) is 0 Å². The smallest absolute Gasteiger partial charge is 0.315 e. The van der Waals surface area contributed by atoms with E-state index in [0.29, 0.717) is 12.1 Å². The minimum Gasteiger partial charge on any atom is -0.387 e. The molecule has 0 bridgehead atoms. The van der Waals surface area contributed by atoms with Crippen LogP contribution in [0, 0.1) is 5.82 Å². The van der Waals surface area contributed by atoms with Crippen LogP contribution in [0.1, 0.15) is 35.6 Å². The Bertz CT molecular complexity index is 763. The van der Waals surface area contributed by atoms with Crippen molar-refractivity contribution < 1.29 is 14.3 Å². The van der Waals surface area contributed by atoms with E-state index in [2.05, 4.69) is 21.6 Å². The predicted molar refractivity (Wildman–Crippen MR) is 103 cm³/mol. The van der Waals surface area contributed by atoms with E-state index >= 15 is 0 Å². The highest BCUT2D eigenvalue weighted by molar-refractivity contribution is 5.73. The Morgan fingerprint density at radius 3 is 2.56 bits per heavy atom. The molecule has 2 aromatic rings. The van der Waals surface area contributed by atoms with Crippen molar-refractivity contribution in [2.24, 2.45) is 0 Å². The van der Waals surface area contributed by atoms with Gasteiger partial charge in [0.05, 0.1) is 6.10 Å². The average Bonchev–Trinajstić information content (AvgIpc) is 3.18. The zero-order valence-electron chi connectivity index (χ0n) is 15.3. The van der Waals surface area contributed by atoms with Crippen LogP contribution in [0.2, 0.25) is 0 Å². The number of nitrogens with one attached hydrogen (secondary N) is 2. The van der Waals surface area contributed by atoms with Crippen LogP contribution in [-0.2, 0) is 13.1 Å². The molecule has 2 amide bonds. The molecule has 3 rings (SSSR count). The van der Waals surface area contributed by atoms with Crippen LogP contribution in [0.3, 0.4) is 0 Å². The summed E-state index contributed by atoms with van der Waals surface area (Å²) >= 11 is 0. The lowest BCUT2D eigenvalue weighted by Crippen LogP contribution is -2.37. The van der Waals surface area contributed by atoms with Gasteiger partial charge in [-0.15, -0.1) is 0 Å². The van der Waals surface area contributed by atoms with Crippen molar-refractivity contribution >= 4 is 6.03 Å². The fourth-order valence-electron chi connectivity index (χ4n) is 3.32. The SMILES string of the molecule is O=C(NCc1ccccc1CN1CCCC1)NC[C@H](O)c1cccc(F)c1. The maximum Gasteiger partial charge on any atom is 0.315 e. The Kier molecular flexibility index (Phi) is 6.79. The van der Waals surface area contributed by atoms with E-state index < -0.39 is 11.9 Å². The summed E-state index contributed by atoms with van der Waals surface area (Å²) < 4.78 is 13.2. The normalized spacial score (nSPS) is 15.5. The van der Waals surface area contributed by atoms with Gasteiger partial charge in [0, 0.05) is 19.6 Å². The van der Waals surface area contributed by atoms with Crippen LogP contribution in [0.4, 0.5) is 9.18 Å². The van der Waals surface area contributed by atoms with E-state index in [1.165, 1.54) is 36.6 Å². The van der Waals surface area contributed by atoms with Gasteiger partial charge >= 0.3 is 6.03 Å². The van der Waals surface area contributed by atoms with Gasteiger partial charge in [0.15, 0.2) is 0 Å². The Morgan fingerprint density at radius 2 is 1.81 bits per heavy atom. The number of halogens is 1. The number of nitrogens with zero attached hydrogens (tertiary/aromatic N) is 1. The van der Waals surface area contributed by atoms with Crippen molar-refractivity contribution in [1.29, 1.82) is 0 Å². The predicted octanol–water partition coefficient (Wildman–Crippen LogP) is 2.95.